The second-order valence-corrected chi connectivity index (χ2v) is 10.0. The summed E-state index contributed by atoms with van der Waals surface area (Å²) in [5, 5.41) is 3.09. The van der Waals surface area contributed by atoms with Gasteiger partial charge in [0, 0.05) is 37.6 Å². The van der Waals surface area contributed by atoms with Crippen molar-refractivity contribution in [1.29, 1.82) is 0 Å². The molecule has 0 unspecified atom stereocenters. The summed E-state index contributed by atoms with van der Waals surface area (Å²) in [6.45, 7) is 3.34. The number of hydrogen-bond donors (Lipinski definition) is 2. The van der Waals surface area contributed by atoms with Gasteiger partial charge in [0.15, 0.2) is 11.5 Å². The van der Waals surface area contributed by atoms with E-state index in [-0.39, 0.29) is 36.9 Å². The van der Waals surface area contributed by atoms with Gasteiger partial charge in [0.2, 0.25) is 5.91 Å². The minimum absolute atomic E-state index is 0.0908. The molecule has 0 radical (unpaired) electrons. The number of nitrogens with zero attached hydrogens (tertiary/aromatic N) is 2. The molecule has 3 amide bonds. The number of aromatic nitrogens is 1. The van der Waals surface area contributed by atoms with Crippen molar-refractivity contribution >= 4 is 17.7 Å². The molecular weight excluding hydrogens is 512 g/mol. The number of amides is 3. The molecule has 10 heteroatoms. The van der Waals surface area contributed by atoms with Crippen LogP contribution in [0.15, 0.2) is 60.9 Å². The zero-order valence-electron chi connectivity index (χ0n) is 22.7. The minimum Gasteiger partial charge on any atom is -0.493 e. The largest absolute Gasteiger partial charge is 0.493 e. The molecular formula is C30H34N4O6. The highest BCUT2D eigenvalue weighted by molar-refractivity contribution is 5.97. The first kappa shape index (κ1) is 27.3. The van der Waals surface area contributed by atoms with Gasteiger partial charge < -0.3 is 34.3 Å². The number of fused-ring (bicyclic) bond motifs is 5. The molecule has 4 bridgehead atoms. The Morgan fingerprint density at radius 3 is 2.80 bits per heavy atom. The molecule has 2 atom stereocenters. The third-order valence-corrected chi connectivity index (χ3v) is 7.15. The molecule has 10 nitrogen and oxygen atoms in total. The summed E-state index contributed by atoms with van der Waals surface area (Å²) in [5.74, 6) is 0.809. The molecule has 2 aliphatic rings. The second kappa shape index (κ2) is 12.3. The maximum absolute atomic E-state index is 13.5. The summed E-state index contributed by atoms with van der Waals surface area (Å²) < 4.78 is 18.0. The number of piperidine rings is 1. The van der Waals surface area contributed by atoms with E-state index in [4.69, 9.17) is 14.2 Å². The summed E-state index contributed by atoms with van der Waals surface area (Å²) in [7, 11) is 1.54. The van der Waals surface area contributed by atoms with Crippen molar-refractivity contribution in [2.45, 2.75) is 38.5 Å². The zero-order valence-corrected chi connectivity index (χ0v) is 22.7. The first-order valence-electron chi connectivity index (χ1n) is 13.5. The third-order valence-electron chi connectivity index (χ3n) is 7.15. The van der Waals surface area contributed by atoms with Crippen molar-refractivity contribution in [1.82, 2.24) is 20.1 Å². The molecule has 2 N–H and O–H groups in total. The van der Waals surface area contributed by atoms with E-state index in [9.17, 15) is 14.4 Å². The number of carbonyl (C=O) groups is 3. The lowest BCUT2D eigenvalue weighted by Gasteiger charge is -2.39. The number of methoxy groups -OCH3 is 1. The maximum atomic E-state index is 13.5. The van der Waals surface area contributed by atoms with Gasteiger partial charge >= 0.3 is 0 Å². The van der Waals surface area contributed by atoms with Gasteiger partial charge in [-0.2, -0.15) is 0 Å². The topological polar surface area (TPSA) is 113 Å². The van der Waals surface area contributed by atoms with Gasteiger partial charge in [0.1, 0.15) is 5.75 Å². The molecule has 3 aromatic rings. The lowest BCUT2D eigenvalue weighted by atomic mass is 10.0. The van der Waals surface area contributed by atoms with Crippen LogP contribution in [0.5, 0.6) is 17.2 Å². The number of H-pyrrole nitrogens is 1. The van der Waals surface area contributed by atoms with Crippen molar-refractivity contribution in [2.24, 2.45) is 0 Å². The summed E-state index contributed by atoms with van der Waals surface area (Å²) in [6, 6.07) is 13.9. The number of nitrogens with one attached hydrogen (secondary N) is 2. The third kappa shape index (κ3) is 6.12. The normalized spacial score (nSPS) is 19.9. The number of carbonyl (C=O) groups excluding carboxylic acids is 3. The highest BCUT2D eigenvalue weighted by Crippen LogP contribution is 2.33. The van der Waals surface area contributed by atoms with Gasteiger partial charge in [-0.3, -0.25) is 14.4 Å². The smallest absolute Gasteiger partial charge is 0.255 e. The van der Waals surface area contributed by atoms with Crippen molar-refractivity contribution < 1.29 is 28.6 Å². The van der Waals surface area contributed by atoms with Crippen LogP contribution >= 0.6 is 0 Å². The molecule has 3 heterocycles. The lowest BCUT2D eigenvalue weighted by molar-refractivity contribution is -0.124. The molecule has 5 rings (SSSR count). The molecule has 40 heavy (non-hydrogen) atoms. The van der Waals surface area contributed by atoms with Gasteiger partial charge in [-0.25, -0.2) is 0 Å². The molecule has 1 saturated heterocycles. The number of aromatic amines is 1. The Bertz CT molecular complexity index is 1360. The molecule has 1 fully saturated rings. The molecule has 0 spiro atoms. The highest BCUT2D eigenvalue weighted by Gasteiger charge is 2.34. The Morgan fingerprint density at radius 1 is 1.15 bits per heavy atom. The fourth-order valence-corrected chi connectivity index (χ4v) is 5.12. The number of hydrogen-bond acceptors (Lipinski definition) is 6. The van der Waals surface area contributed by atoms with Gasteiger partial charge in [0.25, 0.3) is 11.8 Å². The fourth-order valence-electron chi connectivity index (χ4n) is 5.12. The van der Waals surface area contributed by atoms with Crippen molar-refractivity contribution in [3.8, 4) is 17.2 Å². The second-order valence-electron chi connectivity index (χ2n) is 10.0. The first-order valence-corrected chi connectivity index (χ1v) is 13.5. The van der Waals surface area contributed by atoms with E-state index >= 15 is 0 Å². The fraction of sp³-hybridized carbons (Fsp3) is 0.367. The summed E-state index contributed by atoms with van der Waals surface area (Å²) in [5.41, 5.74) is 1.84. The van der Waals surface area contributed by atoms with E-state index in [1.807, 2.05) is 31.2 Å². The van der Waals surface area contributed by atoms with E-state index < -0.39 is 6.10 Å². The zero-order chi connectivity index (χ0) is 28.1. The number of ether oxygens (including phenoxy) is 3. The lowest BCUT2D eigenvalue weighted by Crippen LogP contribution is -2.57. The summed E-state index contributed by atoms with van der Waals surface area (Å²) >= 11 is 0. The van der Waals surface area contributed by atoms with Crippen LogP contribution in [0.2, 0.25) is 0 Å². The monoisotopic (exact) mass is 546 g/mol. The average Bonchev–Trinajstić information content (AvgIpc) is 3.51. The molecule has 0 saturated carbocycles. The van der Waals surface area contributed by atoms with Crippen molar-refractivity contribution in [2.75, 3.05) is 33.3 Å². The van der Waals surface area contributed by atoms with Gasteiger partial charge in [0.05, 0.1) is 38.0 Å². The van der Waals surface area contributed by atoms with Crippen LogP contribution in [0, 0.1) is 0 Å². The standard InChI is InChI=1S/C30H34N4O6/c1-3-12-33-18-28(35)32-24-10-13-34(30(37)22-9-11-31-16-22)17-27(24)39-19-20-5-4-6-23(14-20)40-26-15-21(29(33)36)7-8-25(26)38-2/h4-9,11,14-16,24,27,31H,3,10,12-13,17-19H2,1-2H3,(H,32,35)/t24-,27-/m0/s1. The molecule has 1 aromatic heterocycles. The van der Waals surface area contributed by atoms with E-state index in [1.54, 1.807) is 48.7 Å². The molecule has 210 valence electrons. The number of rotatable bonds is 4. The minimum atomic E-state index is -0.443. The van der Waals surface area contributed by atoms with Crippen LogP contribution in [0.4, 0.5) is 0 Å². The Hall–Kier alpha value is -4.31. The number of likely N-dealkylation sites (tertiary alicyclic amines) is 1. The Kier molecular flexibility index (Phi) is 8.35. The van der Waals surface area contributed by atoms with Crippen LogP contribution in [-0.2, 0) is 16.1 Å². The van der Waals surface area contributed by atoms with Crippen LogP contribution < -0.4 is 14.8 Å². The summed E-state index contributed by atoms with van der Waals surface area (Å²) in [6.07, 6.45) is 4.16. The van der Waals surface area contributed by atoms with Crippen LogP contribution in [0.25, 0.3) is 0 Å². The van der Waals surface area contributed by atoms with E-state index in [1.165, 1.54) is 4.90 Å². The SMILES string of the molecule is CCCN1CC(=O)N[C@H]2CCN(C(=O)c3cc[nH]c3)C[C@@H]2OCc2cccc(c2)Oc2cc(ccc2OC)C1=O. The Morgan fingerprint density at radius 2 is 2.02 bits per heavy atom. The van der Waals surface area contributed by atoms with E-state index in [0.29, 0.717) is 60.9 Å². The predicted octanol–water partition coefficient (Wildman–Crippen LogP) is 3.60. The average molecular weight is 547 g/mol. The van der Waals surface area contributed by atoms with Crippen molar-refractivity contribution in [3.63, 3.8) is 0 Å². The van der Waals surface area contributed by atoms with Gasteiger partial charge in [-0.15, -0.1) is 0 Å². The van der Waals surface area contributed by atoms with Crippen LogP contribution in [0.3, 0.4) is 0 Å². The van der Waals surface area contributed by atoms with Crippen LogP contribution in [-0.4, -0.2) is 77.9 Å². The maximum Gasteiger partial charge on any atom is 0.255 e. The predicted molar refractivity (Wildman–Crippen MR) is 148 cm³/mol. The van der Waals surface area contributed by atoms with E-state index in [2.05, 4.69) is 10.3 Å². The molecule has 0 aliphatic carbocycles. The van der Waals surface area contributed by atoms with Gasteiger partial charge in [-0.05, 0) is 54.8 Å². The van der Waals surface area contributed by atoms with Crippen LogP contribution in [0.1, 0.15) is 46.0 Å². The van der Waals surface area contributed by atoms with Gasteiger partial charge in [-0.1, -0.05) is 19.1 Å². The number of benzene rings is 2. The van der Waals surface area contributed by atoms with E-state index in [0.717, 1.165) is 5.56 Å². The molecule has 2 aliphatic heterocycles. The Labute approximate surface area is 233 Å². The summed E-state index contributed by atoms with van der Waals surface area (Å²) in [4.78, 5) is 46.0. The Balaban J connectivity index is 1.46. The first-order chi connectivity index (χ1) is 19.4. The highest BCUT2D eigenvalue weighted by atomic mass is 16.5. The van der Waals surface area contributed by atoms with Crippen molar-refractivity contribution in [3.05, 3.63) is 77.6 Å². The quantitative estimate of drug-likeness (QED) is 0.517. The molecule has 2 aromatic carbocycles.